The minimum Gasteiger partial charge on any atom is -0.353 e. The van der Waals surface area contributed by atoms with Gasteiger partial charge in [0, 0.05) is 57.3 Å². The Hall–Kier alpha value is -2.11. The highest BCUT2D eigenvalue weighted by Gasteiger charge is 2.35. The number of amides is 2. The number of pyridine rings is 1. The van der Waals surface area contributed by atoms with Crippen LogP contribution in [0, 0.1) is 17.8 Å². The quantitative estimate of drug-likeness (QED) is 0.786. The molecule has 1 unspecified atom stereocenters. The second kappa shape index (κ2) is 9.14. The predicted molar refractivity (Wildman–Crippen MR) is 113 cm³/mol. The molecule has 6 nitrogen and oxygen atoms in total. The lowest BCUT2D eigenvalue weighted by molar-refractivity contribution is -0.142. The summed E-state index contributed by atoms with van der Waals surface area (Å²) in [7, 11) is 0. The number of piperidine rings is 1. The minimum atomic E-state index is 0.0979. The number of nitrogens with zero attached hydrogens (tertiary/aromatic N) is 4. The fraction of sp³-hybridized carbons (Fsp3) is 0.696. The first kappa shape index (κ1) is 20.2. The zero-order chi connectivity index (χ0) is 20.2. The van der Waals surface area contributed by atoms with Gasteiger partial charge < -0.3 is 14.7 Å². The van der Waals surface area contributed by atoms with Gasteiger partial charge in [-0.15, -0.1) is 0 Å². The van der Waals surface area contributed by atoms with Crippen LogP contribution in [0.15, 0.2) is 24.4 Å². The predicted octanol–water partition coefficient (Wildman–Crippen LogP) is 2.80. The Morgan fingerprint density at radius 2 is 1.52 bits per heavy atom. The van der Waals surface area contributed by atoms with Gasteiger partial charge in [-0.25, -0.2) is 4.98 Å². The van der Waals surface area contributed by atoms with E-state index in [4.69, 9.17) is 0 Å². The number of likely N-dealkylation sites (tertiary alicyclic amines) is 1. The molecule has 3 aliphatic rings. The van der Waals surface area contributed by atoms with Gasteiger partial charge in [0.15, 0.2) is 0 Å². The van der Waals surface area contributed by atoms with Crippen molar-refractivity contribution < 1.29 is 9.59 Å². The monoisotopic (exact) mass is 398 g/mol. The van der Waals surface area contributed by atoms with Crippen LogP contribution >= 0.6 is 0 Å². The average molecular weight is 399 g/mol. The molecular weight excluding hydrogens is 364 g/mol. The molecule has 1 saturated carbocycles. The number of hydrogen-bond donors (Lipinski definition) is 0. The van der Waals surface area contributed by atoms with Crippen LogP contribution in [-0.2, 0) is 9.59 Å². The minimum absolute atomic E-state index is 0.0979. The molecule has 0 spiro atoms. The van der Waals surface area contributed by atoms with E-state index in [9.17, 15) is 9.59 Å². The molecule has 29 heavy (non-hydrogen) atoms. The molecular formula is C23H34N4O2. The number of carbonyl (C=O) groups excluding carboxylic acids is 2. The fourth-order valence-corrected chi connectivity index (χ4v) is 5.19. The van der Waals surface area contributed by atoms with Gasteiger partial charge in [-0.2, -0.15) is 0 Å². The molecule has 6 heteroatoms. The third kappa shape index (κ3) is 4.73. The highest BCUT2D eigenvalue weighted by atomic mass is 16.2. The summed E-state index contributed by atoms with van der Waals surface area (Å²) in [5.74, 6) is 2.47. The third-order valence-corrected chi connectivity index (χ3v) is 6.96. The van der Waals surface area contributed by atoms with Crippen molar-refractivity contribution in [3.05, 3.63) is 24.4 Å². The maximum Gasteiger partial charge on any atom is 0.225 e. The first-order valence-corrected chi connectivity index (χ1v) is 11.4. The van der Waals surface area contributed by atoms with E-state index in [0.29, 0.717) is 17.7 Å². The molecule has 2 saturated heterocycles. The lowest BCUT2D eigenvalue weighted by Crippen LogP contribution is -2.51. The van der Waals surface area contributed by atoms with Crippen molar-refractivity contribution in [2.24, 2.45) is 17.8 Å². The standard InChI is InChI=1S/C23H34N4O2/c1-18-5-4-12-27(17-18)23(29)20-9-7-19(8-10-20)22(28)26-15-13-25(14-16-26)21-6-2-3-11-24-21/h2-3,6,11,18-20H,4-5,7-10,12-17H2,1H3. The van der Waals surface area contributed by atoms with E-state index in [0.717, 1.165) is 77.2 Å². The second-order valence-electron chi connectivity index (χ2n) is 9.08. The summed E-state index contributed by atoms with van der Waals surface area (Å²) >= 11 is 0. The maximum atomic E-state index is 13.0. The molecule has 0 aromatic carbocycles. The summed E-state index contributed by atoms with van der Waals surface area (Å²) in [5, 5.41) is 0. The van der Waals surface area contributed by atoms with Crippen LogP contribution in [0.5, 0.6) is 0 Å². The Bertz CT molecular complexity index is 694. The highest BCUT2D eigenvalue weighted by Crippen LogP contribution is 2.32. The average Bonchev–Trinajstić information content (AvgIpc) is 2.79. The molecule has 4 rings (SSSR count). The smallest absolute Gasteiger partial charge is 0.225 e. The van der Waals surface area contributed by atoms with Crippen LogP contribution in [0.1, 0.15) is 45.4 Å². The Morgan fingerprint density at radius 1 is 0.862 bits per heavy atom. The molecule has 1 aliphatic carbocycles. The highest BCUT2D eigenvalue weighted by molar-refractivity contribution is 5.81. The van der Waals surface area contributed by atoms with Gasteiger partial charge in [-0.3, -0.25) is 9.59 Å². The van der Waals surface area contributed by atoms with Crippen LogP contribution in [0.4, 0.5) is 5.82 Å². The molecule has 0 bridgehead atoms. The number of carbonyl (C=O) groups is 2. The molecule has 1 aromatic rings. The van der Waals surface area contributed by atoms with E-state index in [1.165, 1.54) is 6.42 Å². The first-order valence-electron chi connectivity index (χ1n) is 11.4. The van der Waals surface area contributed by atoms with Gasteiger partial charge in [0.25, 0.3) is 0 Å². The van der Waals surface area contributed by atoms with E-state index in [-0.39, 0.29) is 11.8 Å². The summed E-state index contributed by atoms with van der Waals surface area (Å²) in [5.41, 5.74) is 0. The molecule has 2 amide bonds. The van der Waals surface area contributed by atoms with Crippen molar-refractivity contribution in [3.63, 3.8) is 0 Å². The van der Waals surface area contributed by atoms with E-state index < -0.39 is 0 Å². The molecule has 2 aliphatic heterocycles. The molecule has 3 fully saturated rings. The van der Waals surface area contributed by atoms with Crippen molar-refractivity contribution in [2.45, 2.75) is 45.4 Å². The van der Waals surface area contributed by atoms with Crippen molar-refractivity contribution in [1.29, 1.82) is 0 Å². The Labute approximate surface area is 174 Å². The molecule has 1 aromatic heterocycles. The lowest BCUT2D eigenvalue weighted by atomic mass is 9.80. The normalized spacial score (nSPS) is 28.3. The zero-order valence-corrected chi connectivity index (χ0v) is 17.6. The summed E-state index contributed by atoms with van der Waals surface area (Å²) in [6.45, 7) is 7.27. The summed E-state index contributed by atoms with van der Waals surface area (Å²) < 4.78 is 0. The fourth-order valence-electron chi connectivity index (χ4n) is 5.19. The van der Waals surface area contributed by atoms with Crippen LogP contribution in [0.3, 0.4) is 0 Å². The topological polar surface area (TPSA) is 56.8 Å². The largest absolute Gasteiger partial charge is 0.353 e. The number of aromatic nitrogens is 1. The van der Waals surface area contributed by atoms with Crippen LogP contribution in [0.2, 0.25) is 0 Å². The van der Waals surface area contributed by atoms with Crippen molar-refractivity contribution in [2.75, 3.05) is 44.2 Å². The van der Waals surface area contributed by atoms with Crippen LogP contribution < -0.4 is 4.90 Å². The van der Waals surface area contributed by atoms with Gasteiger partial charge in [0.1, 0.15) is 5.82 Å². The second-order valence-corrected chi connectivity index (χ2v) is 9.08. The van der Waals surface area contributed by atoms with Crippen molar-refractivity contribution in [3.8, 4) is 0 Å². The van der Waals surface area contributed by atoms with Crippen LogP contribution in [0.25, 0.3) is 0 Å². The Kier molecular flexibility index (Phi) is 6.36. The molecule has 0 N–H and O–H groups in total. The van der Waals surface area contributed by atoms with Crippen molar-refractivity contribution >= 4 is 17.6 Å². The zero-order valence-electron chi connectivity index (χ0n) is 17.6. The van der Waals surface area contributed by atoms with E-state index in [1.54, 1.807) is 0 Å². The molecule has 3 heterocycles. The molecule has 0 radical (unpaired) electrons. The Balaban J connectivity index is 1.24. The number of anilines is 1. The van der Waals surface area contributed by atoms with Gasteiger partial charge in [0.05, 0.1) is 0 Å². The van der Waals surface area contributed by atoms with Crippen molar-refractivity contribution in [1.82, 2.24) is 14.8 Å². The Morgan fingerprint density at radius 3 is 2.10 bits per heavy atom. The number of rotatable bonds is 3. The van der Waals surface area contributed by atoms with Gasteiger partial charge in [-0.1, -0.05) is 13.0 Å². The summed E-state index contributed by atoms with van der Waals surface area (Å²) in [6.07, 6.45) is 7.64. The van der Waals surface area contributed by atoms with Gasteiger partial charge in [-0.05, 0) is 56.6 Å². The molecule has 158 valence electrons. The van der Waals surface area contributed by atoms with Gasteiger partial charge in [0.2, 0.25) is 11.8 Å². The van der Waals surface area contributed by atoms with E-state index >= 15 is 0 Å². The first-order chi connectivity index (χ1) is 14.1. The van der Waals surface area contributed by atoms with Crippen LogP contribution in [-0.4, -0.2) is 65.9 Å². The lowest BCUT2D eigenvalue weighted by Gasteiger charge is -2.39. The number of hydrogen-bond acceptors (Lipinski definition) is 4. The van der Waals surface area contributed by atoms with Gasteiger partial charge >= 0.3 is 0 Å². The van der Waals surface area contributed by atoms with E-state index in [2.05, 4.69) is 21.7 Å². The summed E-state index contributed by atoms with van der Waals surface area (Å²) in [6, 6.07) is 5.96. The maximum absolute atomic E-state index is 13.0. The van der Waals surface area contributed by atoms with E-state index in [1.807, 2.05) is 29.3 Å². The summed E-state index contributed by atoms with van der Waals surface area (Å²) in [4.78, 5) is 36.7. The third-order valence-electron chi connectivity index (χ3n) is 6.96. The SMILES string of the molecule is CC1CCCN(C(=O)C2CCC(C(=O)N3CCN(c4ccccn4)CC3)CC2)C1. The number of piperazine rings is 1. The molecule has 1 atom stereocenters.